The molecule has 0 fully saturated rings. The second-order valence-electron chi connectivity index (χ2n) is 7.49. The van der Waals surface area contributed by atoms with Crippen LogP contribution in [0.2, 0.25) is 0 Å². The number of hydrogen-bond donors (Lipinski definition) is 1. The molecule has 4 heteroatoms. The van der Waals surface area contributed by atoms with Gasteiger partial charge in [0.1, 0.15) is 17.2 Å². The lowest BCUT2D eigenvalue weighted by atomic mass is 9.76. The van der Waals surface area contributed by atoms with E-state index in [1.54, 1.807) is 26.2 Å². The first-order valence-corrected chi connectivity index (χ1v) is 9.15. The zero-order chi connectivity index (χ0) is 20.2. The zero-order valence-electron chi connectivity index (χ0n) is 17.1. The van der Waals surface area contributed by atoms with Crippen LogP contribution in [0.15, 0.2) is 48.0 Å². The van der Waals surface area contributed by atoms with Crippen molar-refractivity contribution in [3.05, 3.63) is 70.5 Å². The number of nitrogens with zero attached hydrogens (tertiary/aromatic N) is 1. The highest BCUT2D eigenvalue weighted by Crippen LogP contribution is 2.38. The highest BCUT2D eigenvalue weighted by atomic mass is 19.1. The SMILES string of the molecule is COc1ccc(/C=C(/C)C(O)(c2ccc(F)c(C)c2)C(C)CN(C)C)cc1. The first-order valence-electron chi connectivity index (χ1n) is 9.15. The van der Waals surface area contributed by atoms with E-state index < -0.39 is 5.60 Å². The van der Waals surface area contributed by atoms with E-state index in [4.69, 9.17) is 4.74 Å². The largest absolute Gasteiger partial charge is 0.497 e. The molecule has 0 spiro atoms. The minimum Gasteiger partial charge on any atom is -0.497 e. The molecule has 1 N–H and O–H groups in total. The van der Waals surface area contributed by atoms with Crippen LogP contribution in [0, 0.1) is 18.7 Å². The van der Waals surface area contributed by atoms with E-state index in [1.807, 2.05) is 63.2 Å². The fourth-order valence-electron chi connectivity index (χ4n) is 3.52. The van der Waals surface area contributed by atoms with E-state index in [0.717, 1.165) is 16.9 Å². The van der Waals surface area contributed by atoms with Crippen LogP contribution in [0.25, 0.3) is 6.08 Å². The minimum atomic E-state index is -1.21. The summed E-state index contributed by atoms with van der Waals surface area (Å²) in [6.45, 7) is 6.36. The number of methoxy groups -OCH3 is 1. The summed E-state index contributed by atoms with van der Waals surface area (Å²) in [7, 11) is 5.60. The maximum atomic E-state index is 13.8. The second kappa shape index (κ2) is 8.68. The molecular weight excluding hydrogens is 341 g/mol. The average molecular weight is 371 g/mol. The molecule has 2 rings (SSSR count). The van der Waals surface area contributed by atoms with Gasteiger partial charge in [0, 0.05) is 12.5 Å². The Labute approximate surface area is 162 Å². The summed E-state index contributed by atoms with van der Waals surface area (Å²) >= 11 is 0. The summed E-state index contributed by atoms with van der Waals surface area (Å²) in [5.74, 6) is 0.431. The third-order valence-electron chi connectivity index (χ3n) is 5.05. The van der Waals surface area contributed by atoms with Crippen molar-refractivity contribution in [2.24, 2.45) is 5.92 Å². The zero-order valence-corrected chi connectivity index (χ0v) is 17.1. The third kappa shape index (κ3) is 4.76. The van der Waals surface area contributed by atoms with Gasteiger partial charge in [0.05, 0.1) is 7.11 Å². The lowest BCUT2D eigenvalue weighted by Crippen LogP contribution is -2.40. The summed E-state index contributed by atoms with van der Waals surface area (Å²) in [5, 5.41) is 11.8. The molecule has 2 unspecified atom stereocenters. The van der Waals surface area contributed by atoms with Gasteiger partial charge in [-0.15, -0.1) is 0 Å². The van der Waals surface area contributed by atoms with Gasteiger partial charge < -0.3 is 14.7 Å². The Morgan fingerprint density at radius 1 is 1.22 bits per heavy atom. The van der Waals surface area contributed by atoms with Crippen molar-refractivity contribution in [3.8, 4) is 5.75 Å². The van der Waals surface area contributed by atoms with E-state index >= 15 is 0 Å². The van der Waals surface area contributed by atoms with Crippen LogP contribution in [0.3, 0.4) is 0 Å². The molecule has 2 atom stereocenters. The van der Waals surface area contributed by atoms with Crippen LogP contribution in [0.5, 0.6) is 5.75 Å². The van der Waals surface area contributed by atoms with Gasteiger partial charge in [-0.1, -0.05) is 31.2 Å². The van der Waals surface area contributed by atoms with Gasteiger partial charge in [-0.2, -0.15) is 0 Å². The van der Waals surface area contributed by atoms with Gasteiger partial charge in [0.25, 0.3) is 0 Å². The van der Waals surface area contributed by atoms with Crippen LogP contribution in [-0.4, -0.2) is 37.8 Å². The maximum Gasteiger partial charge on any atom is 0.126 e. The van der Waals surface area contributed by atoms with Crippen molar-refractivity contribution >= 4 is 6.08 Å². The van der Waals surface area contributed by atoms with E-state index in [1.165, 1.54) is 6.07 Å². The number of aliphatic hydroxyl groups is 1. The van der Waals surface area contributed by atoms with Crippen LogP contribution in [0.1, 0.15) is 30.5 Å². The number of rotatable bonds is 7. The Hall–Kier alpha value is -2.17. The number of halogens is 1. The van der Waals surface area contributed by atoms with Gasteiger partial charge in [-0.05, 0) is 74.5 Å². The molecule has 0 heterocycles. The molecule has 0 aromatic heterocycles. The summed E-state index contributed by atoms with van der Waals surface area (Å²) in [6.07, 6.45) is 1.98. The predicted molar refractivity (Wildman–Crippen MR) is 109 cm³/mol. The van der Waals surface area contributed by atoms with E-state index in [-0.39, 0.29) is 11.7 Å². The summed E-state index contributed by atoms with van der Waals surface area (Å²) in [6, 6.07) is 12.5. The van der Waals surface area contributed by atoms with Crippen LogP contribution in [0.4, 0.5) is 4.39 Å². The van der Waals surface area contributed by atoms with E-state index in [2.05, 4.69) is 0 Å². The standard InChI is InChI=1S/C23H30FNO2/c1-16-13-20(9-12-22(16)24)23(26,18(3)15-25(4)5)17(2)14-19-7-10-21(27-6)11-8-19/h7-14,18,26H,15H2,1-6H3/b17-14-. The lowest BCUT2D eigenvalue weighted by Gasteiger charge is -2.37. The van der Waals surface area contributed by atoms with Crippen molar-refractivity contribution in [1.29, 1.82) is 0 Å². The van der Waals surface area contributed by atoms with Crippen molar-refractivity contribution in [1.82, 2.24) is 4.90 Å². The molecular formula is C23H30FNO2. The molecule has 2 aromatic carbocycles. The van der Waals surface area contributed by atoms with Gasteiger partial charge in [-0.3, -0.25) is 0 Å². The molecule has 2 aromatic rings. The first-order chi connectivity index (χ1) is 12.7. The Bertz CT molecular complexity index is 799. The molecule has 146 valence electrons. The van der Waals surface area contributed by atoms with Gasteiger partial charge >= 0.3 is 0 Å². The molecule has 0 aliphatic carbocycles. The molecule has 0 bridgehead atoms. The Morgan fingerprint density at radius 2 is 1.85 bits per heavy atom. The van der Waals surface area contributed by atoms with Crippen LogP contribution < -0.4 is 4.74 Å². The topological polar surface area (TPSA) is 32.7 Å². The highest BCUT2D eigenvalue weighted by molar-refractivity contribution is 5.57. The lowest BCUT2D eigenvalue weighted by molar-refractivity contribution is 0.0104. The van der Waals surface area contributed by atoms with E-state index in [0.29, 0.717) is 17.7 Å². The van der Waals surface area contributed by atoms with Crippen LogP contribution >= 0.6 is 0 Å². The molecule has 0 saturated carbocycles. The quantitative estimate of drug-likeness (QED) is 0.770. The highest BCUT2D eigenvalue weighted by Gasteiger charge is 2.38. The Balaban J connectivity index is 2.52. The fourth-order valence-corrected chi connectivity index (χ4v) is 3.52. The number of benzene rings is 2. The summed E-state index contributed by atoms with van der Waals surface area (Å²) in [5.41, 5.74) is 1.82. The molecule has 0 aliphatic rings. The molecule has 27 heavy (non-hydrogen) atoms. The predicted octanol–water partition coefficient (Wildman–Crippen LogP) is 4.63. The molecule has 0 saturated heterocycles. The minimum absolute atomic E-state index is 0.0909. The average Bonchev–Trinajstić information content (AvgIpc) is 2.63. The third-order valence-corrected chi connectivity index (χ3v) is 5.05. The van der Waals surface area contributed by atoms with Crippen LogP contribution in [-0.2, 0) is 5.60 Å². The second-order valence-corrected chi connectivity index (χ2v) is 7.49. The number of ether oxygens (including phenoxy) is 1. The molecule has 0 aliphatic heterocycles. The van der Waals surface area contributed by atoms with E-state index in [9.17, 15) is 9.50 Å². The van der Waals surface area contributed by atoms with Gasteiger partial charge in [0.15, 0.2) is 0 Å². The molecule has 0 radical (unpaired) electrons. The maximum absolute atomic E-state index is 13.8. The van der Waals surface area contributed by atoms with Crippen molar-refractivity contribution < 1.29 is 14.2 Å². The monoisotopic (exact) mass is 371 g/mol. The first kappa shape index (κ1) is 21.1. The van der Waals surface area contributed by atoms with Crippen molar-refractivity contribution in [2.45, 2.75) is 26.4 Å². The Morgan fingerprint density at radius 3 is 2.37 bits per heavy atom. The smallest absolute Gasteiger partial charge is 0.126 e. The molecule has 0 amide bonds. The number of hydrogen-bond acceptors (Lipinski definition) is 3. The van der Waals surface area contributed by atoms with Crippen molar-refractivity contribution in [2.75, 3.05) is 27.7 Å². The van der Waals surface area contributed by atoms with Crippen molar-refractivity contribution in [3.63, 3.8) is 0 Å². The Kier molecular flexibility index (Phi) is 6.79. The summed E-state index contributed by atoms with van der Waals surface area (Å²) in [4.78, 5) is 2.05. The molecule has 3 nitrogen and oxygen atoms in total. The normalized spacial score (nSPS) is 15.5. The number of aryl methyl sites for hydroxylation is 1. The van der Waals surface area contributed by atoms with Gasteiger partial charge in [0.2, 0.25) is 0 Å². The summed E-state index contributed by atoms with van der Waals surface area (Å²) < 4.78 is 19.0. The fraction of sp³-hybridized carbons (Fsp3) is 0.391. The van der Waals surface area contributed by atoms with Gasteiger partial charge in [-0.25, -0.2) is 4.39 Å².